The molecule has 1 aromatic carbocycles. The number of nitrogen functional groups attached to an aromatic ring is 1. The van der Waals surface area contributed by atoms with Gasteiger partial charge < -0.3 is 5.73 Å². The maximum Gasteiger partial charge on any atom is 0.0355 e. The first-order valence-corrected chi connectivity index (χ1v) is 5.09. The zero-order chi connectivity index (χ0) is 9.05. The van der Waals surface area contributed by atoms with Crippen molar-refractivity contribution >= 4 is 5.69 Å². The van der Waals surface area contributed by atoms with Gasteiger partial charge in [-0.05, 0) is 47.8 Å². The fourth-order valence-corrected chi connectivity index (χ4v) is 3.36. The van der Waals surface area contributed by atoms with Gasteiger partial charge in [-0.1, -0.05) is 19.1 Å². The summed E-state index contributed by atoms with van der Waals surface area (Å²) in [6, 6.07) is 6.41. The van der Waals surface area contributed by atoms with Gasteiger partial charge in [0.1, 0.15) is 0 Å². The van der Waals surface area contributed by atoms with E-state index >= 15 is 0 Å². The van der Waals surface area contributed by atoms with Crippen molar-refractivity contribution in [3.8, 4) is 0 Å². The lowest BCUT2D eigenvalue weighted by Crippen LogP contribution is -2.17. The molecule has 1 aromatic rings. The van der Waals surface area contributed by atoms with Crippen molar-refractivity contribution in [3.05, 3.63) is 29.3 Å². The molecule has 1 saturated carbocycles. The van der Waals surface area contributed by atoms with Crippen molar-refractivity contribution in [2.24, 2.45) is 0 Å². The first-order chi connectivity index (χ1) is 6.21. The monoisotopic (exact) mass is 173 g/mol. The van der Waals surface area contributed by atoms with E-state index in [9.17, 15) is 0 Å². The van der Waals surface area contributed by atoms with Gasteiger partial charge in [0.05, 0.1) is 0 Å². The molecule has 2 aliphatic carbocycles. The molecule has 68 valence electrons. The third-order valence-electron chi connectivity index (χ3n) is 3.91. The second kappa shape index (κ2) is 2.09. The Morgan fingerprint density at radius 2 is 2.31 bits per heavy atom. The van der Waals surface area contributed by atoms with Crippen molar-refractivity contribution < 1.29 is 0 Å². The molecular formula is C12H15N. The highest BCUT2D eigenvalue weighted by atomic mass is 14.6. The van der Waals surface area contributed by atoms with Crippen LogP contribution in [0.2, 0.25) is 0 Å². The number of nitrogens with two attached hydrogens (primary N) is 1. The summed E-state index contributed by atoms with van der Waals surface area (Å²) in [5.74, 6) is 0.809. The number of anilines is 1. The molecule has 0 amide bonds. The molecule has 0 spiro atoms. The Hall–Kier alpha value is -0.980. The normalized spacial score (nSPS) is 35.0. The zero-order valence-electron chi connectivity index (χ0n) is 8.01. The van der Waals surface area contributed by atoms with E-state index in [1.54, 1.807) is 0 Å². The summed E-state index contributed by atoms with van der Waals surface area (Å²) < 4.78 is 0. The minimum absolute atomic E-state index is 0.408. The average molecular weight is 173 g/mol. The van der Waals surface area contributed by atoms with Gasteiger partial charge in [-0.25, -0.2) is 0 Å². The SMILES string of the molecule is CC12CCC(C1)c1cccc(N)c12. The van der Waals surface area contributed by atoms with E-state index in [0.717, 1.165) is 11.6 Å². The molecule has 0 saturated heterocycles. The van der Waals surface area contributed by atoms with Crippen LogP contribution in [0.5, 0.6) is 0 Å². The first kappa shape index (κ1) is 7.43. The van der Waals surface area contributed by atoms with Gasteiger partial charge in [0.15, 0.2) is 0 Å². The van der Waals surface area contributed by atoms with E-state index in [2.05, 4.69) is 19.1 Å². The van der Waals surface area contributed by atoms with Crippen LogP contribution in [0.15, 0.2) is 18.2 Å². The quantitative estimate of drug-likeness (QED) is 0.600. The van der Waals surface area contributed by atoms with Crippen molar-refractivity contribution in [2.45, 2.75) is 37.5 Å². The van der Waals surface area contributed by atoms with Crippen LogP contribution in [0.1, 0.15) is 43.2 Å². The van der Waals surface area contributed by atoms with E-state index in [-0.39, 0.29) is 0 Å². The maximum atomic E-state index is 6.04. The van der Waals surface area contributed by atoms with Crippen LogP contribution in [0.25, 0.3) is 0 Å². The Morgan fingerprint density at radius 1 is 1.46 bits per heavy atom. The van der Waals surface area contributed by atoms with Gasteiger partial charge in [-0.2, -0.15) is 0 Å². The van der Waals surface area contributed by atoms with Gasteiger partial charge in [-0.15, -0.1) is 0 Å². The molecular weight excluding hydrogens is 158 g/mol. The van der Waals surface area contributed by atoms with E-state index in [1.165, 1.54) is 30.4 Å². The minimum atomic E-state index is 0.408. The molecule has 2 N–H and O–H groups in total. The third kappa shape index (κ3) is 0.775. The van der Waals surface area contributed by atoms with Crippen LogP contribution in [0.3, 0.4) is 0 Å². The summed E-state index contributed by atoms with van der Waals surface area (Å²) in [7, 11) is 0. The Kier molecular flexibility index (Phi) is 1.19. The molecule has 2 atom stereocenters. The predicted molar refractivity (Wildman–Crippen MR) is 54.8 cm³/mol. The highest BCUT2D eigenvalue weighted by molar-refractivity contribution is 5.60. The van der Waals surface area contributed by atoms with Gasteiger partial charge in [-0.3, -0.25) is 0 Å². The molecule has 1 nitrogen and oxygen atoms in total. The van der Waals surface area contributed by atoms with Crippen LogP contribution in [0, 0.1) is 0 Å². The lowest BCUT2D eigenvalue weighted by atomic mass is 9.80. The van der Waals surface area contributed by atoms with Crippen LogP contribution in [0.4, 0.5) is 5.69 Å². The zero-order valence-corrected chi connectivity index (χ0v) is 8.01. The molecule has 2 unspecified atom stereocenters. The summed E-state index contributed by atoms with van der Waals surface area (Å²) >= 11 is 0. The molecule has 1 heteroatoms. The molecule has 1 fully saturated rings. The number of fused-ring (bicyclic) bond motifs is 5. The van der Waals surface area contributed by atoms with Gasteiger partial charge in [0.2, 0.25) is 0 Å². The topological polar surface area (TPSA) is 26.0 Å². The van der Waals surface area contributed by atoms with Crippen LogP contribution >= 0.6 is 0 Å². The van der Waals surface area contributed by atoms with E-state index < -0.39 is 0 Å². The van der Waals surface area contributed by atoms with Gasteiger partial charge in [0, 0.05) is 5.69 Å². The summed E-state index contributed by atoms with van der Waals surface area (Å²) in [6.45, 7) is 2.37. The summed E-state index contributed by atoms with van der Waals surface area (Å²) in [4.78, 5) is 0. The van der Waals surface area contributed by atoms with E-state index in [4.69, 9.17) is 5.73 Å². The molecule has 13 heavy (non-hydrogen) atoms. The molecule has 3 rings (SSSR count). The molecule has 0 aliphatic heterocycles. The Morgan fingerprint density at radius 3 is 3.08 bits per heavy atom. The number of rotatable bonds is 0. The summed E-state index contributed by atoms with van der Waals surface area (Å²) in [5.41, 5.74) is 10.5. The Labute approximate surface area is 78.9 Å². The second-order valence-corrected chi connectivity index (χ2v) is 4.81. The highest BCUT2D eigenvalue weighted by Gasteiger charge is 2.46. The summed E-state index contributed by atoms with van der Waals surface area (Å²) in [6.07, 6.45) is 4.03. The minimum Gasteiger partial charge on any atom is -0.398 e. The average Bonchev–Trinajstić information content (AvgIpc) is 2.59. The first-order valence-electron chi connectivity index (χ1n) is 5.09. The van der Waals surface area contributed by atoms with Crippen LogP contribution in [-0.4, -0.2) is 0 Å². The molecule has 0 heterocycles. The van der Waals surface area contributed by atoms with Crippen LogP contribution < -0.4 is 5.73 Å². The van der Waals surface area contributed by atoms with Crippen molar-refractivity contribution in [3.63, 3.8) is 0 Å². The summed E-state index contributed by atoms with van der Waals surface area (Å²) in [5, 5.41) is 0. The Bertz CT molecular complexity index is 369. The highest BCUT2D eigenvalue weighted by Crippen LogP contribution is 2.58. The predicted octanol–water partition coefficient (Wildman–Crippen LogP) is 2.81. The number of hydrogen-bond acceptors (Lipinski definition) is 1. The largest absolute Gasteiger partial charge is 0.398 e. The Balaban J connectivity index is 2.30. The second-order valence-electron chi connectivity index (χ2n) is 4.81. The molecule has 2 aliphatic rings. The molecule has 2 bridgehead atoms. The van der Waals surface area contributed by atoms with E-state index in [0.29, 0.717) is 5.41 Å². The lowest BCUT2D eigenvalue weighted by molar-refractivity contribution is 0.507. The maximum absolute atomic E-state index is 6.04. The smallest absolute Gasteiger partial charge is 0.0355 e. The number of benzene rings is 1. The van der Waals surface area contributed by atoms with Crippen LogP contribution in [-0.2, 0) is 5.41 Å². The van der Waals surface area contributed by atoms with Crippen molar-refractivity contribution in [2.75, 3.05) is 5.73 Å². The van der Waals surface area contributed by atoms with Gasteiger partial charge >= 0.3 is 0 Å². The van der Waals surface area contributed by atoms with Gasteiger partial charge in [0.25, 0.3) is 0 Å². The number of hydrogen-bond donors (Lipinski definition) is 1. The van der Waals surface area contributed by atoms with E-state index in [1.807, 2.05) is 6.07 Å². The molecule has 0 aromatic heterocycles. The molecule has 0 radical (unpaired) electrons. The third-order valence-corrected chi connectivity index (χ3v) is 3.91. The fourth-order valence-electron chi connectivity index (χ4n) is 3.36. The van der Waals surface area contributed by atoms with Crippen molar-refractivity contribution in [1.29, 1.82) is 0 Å². The lowest BCUT2D eigenvalue weighted by Gasteiger charge is -2.25. The fraction of sp³-hybridized carbons (Fsp3) is 0.500. The standard InChI is InChI=1S/C12H15N/c1-12-6-5-8(7-12)9-3-2-4-10(13)11(9)12/h2-4,8H,5-7,13H2,1H3. The van der Waals surface area contributed by atoms with Crippen molar-refractivity contribution in [1.82, 2.24) is 0 Å².